The molecule has 1 fully saturated rings. The summed E-state index contributed by atoms with van der Waals surface area (Å²) in [4.78, 5) is 25.9. The van der Waals surface area contributed by atoms with Crippen LogP contribution in [0.3, 0.4) is 0 Å². The molecule has 1 saturated heterocycles. The van der Waals surface area contributed by atoms with Crippen molar-refractivity contribution in [3.05, 3.63) is 53.3 Å². The molecule has 2 atom stereocenters. The van der Waals surface area contributed by atoms with E-state index in [9.17, 15) is 9.90 Å². The molecule has 0 saturated carbocycles. The molecular formula is C28H33N7O2. The Hall–Kier alpha value is -3.69. The van der Waals surface area contributed by atoms with E-state index in [0.717, 1.165) is 76.6 Å². The molecule has 4 N–H and O–H groups in total. The number of benzene rings is 2. The first-order valence-electron chi connectivity index (χ1n) is 13.0. The molecule has 2 unspecified atom stereocenters. The summed E-state index contributed by atoms with van der Waals surface area (Å²) >= 11 is 0. The fourth-order valence-corrected chi connectivity index (χ4v) is 5.71. The highest BCUT2D eigenvalue weighted by atomic mass is 16.3. The first-order chi connectivity index (χ1) is 17.9. The predicted octanol–water partition coefficient (Wildman–Crippen LogP) is 3.06. The van der Waals surface area contributed by atoms with Crippen LogP contribution in [0.1, 0.15) is 30.8 Å². The Morgan fingerprint density at radius 1 is 1.22 bits per heavy atom. The van der Waals surface area contributed by atoms with Crippen molar-refractivity contribution in [3.8, 4) is 28.4 Å². The first-order valence-corrected chi connectivity index (χ1v) is 13.0. The highest BCUT2D eigenvalue weighted by molar-refractivity contribution is 5.94. The molecule has 0 bridgehead atoms. The van der Waals surface area contributed by atoms with E-state index in [-0.39, 0.29) is 23.7 Å². The van der Waals surface area contributed by atoms with Gasteiger partial charge < -0.3 is 20.3 Å². The van der Waals surface area contributed by atoms with Crippen molar-refractivity contribution in [3.63, 3.8) is 0 Å². The molecule has 2 aliphatic rings. The van der Waals surface area contributed by atoms with Gasteiger partial charge in [0, 0.05) is 44.0 Å². The minimum Gasteiger partial charge on any atom is -0.508 e. The number of aromatic amines is 2. The Morgan fingerprint density at radius 2 is 2.08 bits per heavy atom. The van der Waals surface area contributed by atoms with Crippen LogP contribution >= 0.6 is 0 Å². The Morgan fingerprint density at radius 3 is 2.89 bits per heavy atom. The third-order valence-electron chi connectivity index (χ3n) is 7.83. The summed E-state index contributed by atoms with van der Waals surface area (Å²) in [6.07, 6.45) is 1.42. The van der Waals surface area contributed by atoms with E-state index in [1.54, 1.807) is 6.07 Å². The number of phenols is 1. The van der Waals surface area contributed by atoms with Gasteiger partial charge in [0.1, 0.15) is 11.4 Å². The van der Waals surface area contributed by atoms with Crippen molar-refractivity contribution >= 4 is 16.8 Å². The average Bonchev–Trinajstić information content (AvgIpc) is 3.51. The van der Waals surface area contributed by atoms with Crippen molar-refractivity contribution in [1.82, 2.24) is 35.3 Å². The number of likely N-dealkylation sites (N-methyl/N-ethyl adjacent to an activating group) is 1. The van der Waals surface area contributed by atoms with Crippen LogP contribution in [0, 0.1) is 0 Å². The van der Waals surface area contributed by atoms with E-state index in [2.05, 4.69) is 57.4 Å². The molecule has 2 aliphatic heterocycles. The van der Waals surface area contributed by atoms with Gasteiger partial charge in [-0.2, -0.15) is 5.10 Å². The number of hydrogen-bond donors (Lipinski definition) is 4. The van der Waals surface area contributed by atoms with E-state index < -0.39 is 0 Å². The number of phenolic OH excluding ortho intramolecular Hbond substituents is 1. The fourth-order valence-electron chi connectivity index (χ4n) is 5.71. The van der Waals surface area contributed by atoms with Gasteiger partial charge in [-0.1, -0.05) is 19.1 Å². The molecule has 4 aromatic rings. The number of carbonyl (C=O) groups is 1. The van der Waals surface area contributed by atoms with Crippen LogP contribution in [0.25, 0.3) is 33.5 Å². The number of nitrogens with zero attached hydrogens (tertiary/aromatic N) is 4. The maximum Gasteiger partial charge on any atom is 0.240 e. The van der Waals surface area contributed by atoms with Gasteiger partial charge in [-0.15, -0.1) is 0 Å². The number of fused-ring (bicyclic) bond motifs is 2. The highest BCUT2D eigenvalue weighted by Gasteiger charge is 2.36. The van der Waals surface area contributed by atoms with E-state index >= 15 is 0 Å². The van der Waals surface area contributed by atoms with Crippen molar-refractivity contribution < 1.29 is 9.90 Å². The molecule has 6 rings (SSSR count). The number of hydrogen-bond acceptors (Lipinski definition) is 6. The van der Waals surface area contributed by atoms with Crippen molar-refractivity contribution in [2.45, 2.75) is 45.3 Å². The van der Waals surface area contributed by atoms with Crippen LogP contribution in [0.15, 0.2) is 36.4 Å². The van der Waals surface area contributed by atoms with Crippen molar-refractivity contribution in [1.29, 1.82) is 0 Å². The number of nitrogens with one attached hydrogen (secondary N) is 3. The second-order valence-electron chi connectivity index (χ2n) is 10.3. The molecule has 0 radical (unpaired) electrons. The van der Waals surface area contributed by atoms with E-state index in [4.69, 9.17) is 4.98 Å². The normalized spacial score (nSPS) is 20.4. The van der Waals surface area contributed by atoms with Gasteiger partial charge in [-0.25, -0.2) is 4.98 Å². The summed E-state index contributed by atoms with van der Waals surface area (Å²) in [5.41, 5.74) is 6.96. The minimum atomic E-state index is -0.208. The van der Waals surface area contributed by atoms with E-state index in [0.29, 0.717) is 13.0 Å². The number of imidazole rings is 1. The molecule has 0 aliphatic carbocycles. The minimum absolute atomic E-state index is 0.185. The molecule has 1 amide bonds. The molecule has 0 spiro atoms. The largest absolute Gasteiger partial charge is 0.508 e. The quantitative estimate of drug-likeness (QED) is 0.343. The Kier molecular flexibility index (Phi) is 5.97. The number of amides is 1. The maximum absolute atomic E-state index is 13.4. The van der Waals surface area contributed by atoms with Crippen LogP contribution in [-0.4, -0.2) is 79.7 Å². The van der Waals surface area contributed by atoms with Crippen LogP contribution in [-0.2, 0) is 24.2 Å². The first kappa shape index (κ1) is 23.7. The van der Waals surface area contributed by atoms with Gasteiger partial charge in [0.05, 0.1) is 22.9 Å². The van der Waals surface area contributed by atoms with Gasteiger partial charge in [0.25, 0.3) is 0 Å². The van der Waals surface area contributed by atoms with Gasteiger partial charge in [0.15, 0.2) is 5.82 Å². The SMILES string of the molecule is CCc1cc(O)ccc1-c1ccc2c(-c3nc4c([nH]3)CN(C)C(C(=O)N3CCNCC3C)C4)n[nH]c2c1. The molecule has 2 aromatic carbocycles. The number of aryl methyl sites for hydroxylation is 1. The Labute approximate surface area is 215 Å². The molecule has 2 aromatic heterocycles. The third kappa shape index (κ3) is 4.18. The van der Waals surface area contributed by atoms with Crippen LogP contribution < -0.4 is 5.32 Å². The summed E-state index contributed by atoms with van der Waals surface area (Å²) < 4.78 is 0. The van der Waals surface area contributed by atoms with Crippen LogP contribution in [0.5, 0.6) is 5.75 Å². The molecule has 192 valence electrons. The van der Waals surface area contributed by atoms with Crippen molar-refractivity contribution in [2.24, 2.45) is 0 Å². The van der Waals surface area contributed by atoms with Crippen molar-refractivity contribution in [2.75, 3.05) is 26.7 Å². The average molecular weight is 500 g/mol. The zero-order valence-electron chi connectivity index (χ0n) is 21.5. The summed E-state index contributed by atoms with van der Waals surface area (Å²) in [6, 6.07) is 11.8. The number of rotatable bonds is 4. The van der Waals surface area contributed by atoms with Crippen LogP contribution in [0.4, 0.5) is 0 Å². The second kappa shape index (κ2) is 9.32. The van der Waals surface area contributed by atoms with Crippen LogP contribution in [0.2, 0.25) is 0 Å². The van der Waals surface area contributed by atoms with Gasteiger partial charge >= 0.3 is 0 Å². The number of piperazine rings is 1. The number of H-pyrrole nitrogens is 2. The third-order valence-corrected chi connectivity index (χ3v) is 7.83. The lowest BCUT2D eigenvalue weighted by Gasteiger charge is -2.39. The molecule has 37 heavy (non-hydrogen) atoms. The Balaban J connectivity index is 1.28. The summed E-state index contributed by atoms with van der Waals surface area (Å²) in [6.45, 7) is 7.25. The standard InChI is InChI=1S/C28H33N7O2/c1-4-17-11-19(36)6-8-20(17)18-5-7-21-22(12-18)32-33-26(21)27-30-23-13-25(34(3)15-24(23)31-27)28(37)35-10-9-29-14-16(35)2/h5-8,11-12,16,25,29,36H,4,9-10,13-15H2,1-3H3,(H,30,31)(H,32,33). The number of aromatic hydroxyl groups is 1. The van der Waals surface area contributed by atoms with E-state index in [1.165, 1.54) is 0 Å². The fraction of sp³-hybridized carbons (Fsp3) is 0.393. The zero-order valence-corrected chi connectivity index (χ0v) is 21.5. The van der Waals surface area contributed by atoms with E-state index in [1.807, 2.05) is 24.1 Å². The molecule has 9 heteroatoms. The number of aromatic nitrogens is 4. The maximum atomic E-state index is 13.4. The second-order valence-corrected chi connectivity index (χ2v) is 10.3. The summed E-state index contributed by atoms with van der Waals surface area (Å²) in [5.74, 6) is 1.19. The summed E-state index contributed by atoms with van der Waals surface area (Å²) in [5, 5.41) is 22.0. The lowest BCUT2D eigenvalue weighted by atomic mass is 9.97. The molecular weight excluding hydrogens is 466 g/mol. The van der Waals surface area contributed by atoms with Gasteiger partial charge in [-0.3, -0.25) is 14.8 Å². The highest BCUT2D eigenvalue weighted by Crippen LogP contribution is 2.33. The monoisotopic (exact) mass is 499 g/mol. The molecule has 4 heterocycles. The lowest BCUT2D eigenvalue weighted by Crippen LogP contribution is -2.58. The Bertz CT molecular complexity index is 1470. The van der Waals surface area contributed by atoms with Gasteiger partial charge in [0.2, 0.25) is 5.91 Å². The number of carbonyl (C=O) groups excluding carboxylic acids is 1. The molecule has 9 nitrogen and oxygen atoms in total. The smallest absolute Gasteiger partial charge is 0.240 e. The topological polar surface area (TPSA) is 113 Å². The zero-order chi connectivity index (χ0) is 25.7. The van der Waals surface area contributed by atoms with Gasteiger partial charge in [-0.05, 0) is 61.3 Å². The predicted molar refractivity (Wildman–Crippen MR) is 143 cm³/mol. The lowest BCUT2D eigenvalue weighted by molar-refractivity contribution is -0.140. The summed E-state index contributed by atoms with van der Waals surface area (Å²) in [7, 11) is 2.01.